The molecular weight excluding hydrogens is 253 g/mol. The molecule has 0 bridgehead atoms. The molecule has 0 saturated heterocycles. The van der Waals surface area contributed by atoms with Crippen LogP contribution >= 0.6 is 0 Å². The number of hydrogen-bond acceptors (Lipinski definition) is 0. The van der Waals surface area contributed by atoms with Crippen LogP contribution in [0.15, 0.2) is 0 Å². The van der Waals surface area contributed by atoms with Crippen molar-refractivity contribution in [3.8, 4) is 0 Å². The number of rotatable bonds is 0. The van der Waals surface area contributed by atoms with Crippen LogP contribution in [0.1, 0.15) is 15.7 Å². The summed E-state index contributed by atoms with van der Waals surface area (Å²) in [6.45, 7) is 0. The van der Waals surface area contributed by atoms with Gasteiger partial charge in [-0.3, -0.25) is 0 Å². The molecule has 0 atom stereocenters. The van der Waals surface area contributed by atoms with Crippen LogP contribution < -0.4 is 325 Å². The van der Waals surface area contributed by atoms with Gasteiger partial charge in [-0.1, -0.05) is 0 Å². The predicted molar refractivity (Wildman–Crippen MR) is 12.2 cm³/mol. The van der Waals surface area contributed by atoms with Gasteiger partial charge in [-0.05, 0) is 0 Å². The van der Waals surface area contributed by atoms with Crippen LogP contribution in [-0.4, -0.2) is 0 Å². The van der Waals surface area contributed by atoms with Gasteiger partial charge in [0.1, 0.15) is 0 Å². The average molecular weight is 264 g/mol. The maximum atomic E-state index is 0. The van der Waals surface area contributed by atoms with Gasteiger partial charge in [0.15, 0.2) is 0 Å². The van der Waals surface area contributed by atoms with E-state index in [9.17, 15) is 0 Å². The summed E-state index contributed by atoms with van der Waals surface area (Å²) in [5, 5.41) is 0. The molecule has 0 fully saturated rings. The van der Waals surface area contributed by atoms with Crippen molar-refractivity contribution in [1.82, 2.24) is 0 Å². The molecule has 0 unspecified atom stereocenters. The smallest absolute Gasteiger partial charge is 1.00 e. The molecule has 0 aliphatic heterocycles. The Kier molecular flexibility index (Phi) is 506. The van der Waals surface area contributed by atoms with E-state index in [1.165, 1.54) is 0 Å². The summed E-state index contributed by atoms with van der Waals surface area (Å²) in [5.41, 5.74) is 0. The monoisotopic (exact) mass is 264 g/mol. The van der Waals surface area contributed by atoms with Crippen LogP contribution in [0.2, 0.25) is 0 Å². The Balaban J connectivity index is 0. The molecule has 0 aliphatic carbocycles. The maximum absolute atomic E-state index is 0. The average Bonchev–Trinajstić information content (AvgIpc) is 0. The molecule has 0 heterocycles. The van der Waals surface area contributed by atoms with Crippen molar-refractivity contribution >= 4 is 0 Å². The fraction of sp³-hybridized carbons (Fsp3) is 0. The van der Waals surface area contributed by atoms with E-state index < -0.39 is 0 Å². The van der Waals surface area contributed by atoms with Crippen LogP contribution in [0.5, 0.6) is 0 Å². The summed E-state index contributed by atoms with van der Waals surface area (Å²) < 4.78 is 0. The molecule has 0 aliphatic rings. The van der Waals surface area contributed by atoms with E-state index >= 15 is 0 Å². The Bertz CT molecular complexity index is 22.0. The zero-order chi connectivity index (χ0) is 0. The summed E-state index contributed by atoms with van der Waals surface area (Å²) >= 11 is 0. The molecule has 0 rings (SSSR count). The summed E-state index contributed by atoms with van der Waals surface area (Å²) in [4.78, 5) is 0. The molecule has 0 aromatic carbocycles. The van der Waals surface area contributed by atoms with Crippen molar-refractivity contribution < 1.29 is 341 Å². The van der Waals surface area contributed by atoms with Gasteiger partial charge in [0.05, 0.1) is 0 Å². The molecule has 0 aromatic heterocycles. The van der Waals surface area contributed by atoms with Gasteiger partial charge in [-0.15, -0.1) is 0 Å². The van der Waals surface area contributed by atoms with E-state index in [0.717, 1.165) is 0 Å². The van der Waals surface area contributed by atoms with Gasteiger partial charge in [-0.25, -0.2) is 0 Å². The third-order valence-electron chi connectivity index (χ3n) is 0. The second-order valence-electron chi connectivity index (χ2n) is 0. The number of hydrogen-bond donors (Lipinski definition) is 0. The van der Waals surface area contributed by atoms with Crippen molar-refractivity contribution in [1.29, 1.82) is 0 Å². The zero-order valence-electron chi connectivity index (χ0n) is 22.0. The van der Waals surface area contributed by atoms with E-state index in [4.69, 9.17) is 0 Å². The summed E-state index contributed by atoms with van der Waals surface area (Å²) in [7, 11) is 0. The van der Waals surface area contributed by atoms with Gasteiger partial charge in [0, 0.05) is 0 Å². The van der Waals surface area contributed by atoms with Gasteiger partial charge >= 0.3 is 325 Å². The molecule has 0 saturated carbocycles. The largest absolute Gasteiger partial charge is 1.00 e. The molecule has 22 valence electrons. The quantitative estimate of drug-likeness (QED) is 0.381. The second-order valence-corrected chi connectivity index (χ2v) is 0. The van der Waals surface area contributed by atoms with Crippen molar-refractivity contribution in [2.75, 3.05) is 0 Å². The van der Waals surface area contributed by atoms with Crippen molar-refractivity contribution in [2.45, 2.75) is 0 Å². The van der Waals surface area contributed by atoms with Crippen molar-refractivity contribution in [3.05, 3.63) is 0 Å². The Morgan fingerprint density at radius 3 is 0.182 bits per heavy atom. The van der Waals surface area contributed by atoms with Crippen molar-refractivity contribution in [3.63, 3.8) is 0 Å². The molecule has 0 amide bonds. The molecule has 11 heteroatoms. The van der Waals surface area contributed by atoms with Crippen LogP contribution in [-0.2, 0) is 0 Å². The van der Waals surface area contributed by atoms with Crippen LogP contribution in [0.4, 0.5) is 0 Å². The van der Waals surface area contributed by atoms with Crippen LogP contribution in [0, 0.1) is 0 Å². The molecule has 11 heavy (non-hydrogen) atoms. The fourth-order valence-corrected chi connectivity index (χ4v) is 0. The summed E-state index contributed by atoms with van der Waals surface area (Å²) in [6, 6.07) is 0. The van der Waals surface area contributed by atoms with Gasteiger partial charge in [0.25, 0.3) is 0 Å². The Morgan fingerprint density at radius 2 is 0.182 bits per heavy atom. The summed E-state index contributed by atoms with van der Waals surface area (Å²) in [6.07, 6.45) is 0. The Labute approximate surface area is 330 Å². The predicted octanol–water partition coefficient (Wildman–Crippen LogP) is -31.7. The first-order valence-corrected chi connectivity index (χ1v) is 0. The first-order valence-electron chi connectivity index (χ1n) is 0. The Hall–Kier alpha value is 11.0. The van der Waals surface area contributed by atoms with Gasteiger partial charge in [-0.2, -0.15) is 0 Å². The third-order valence-corrected chi connectivity index (χ3v) is 0. The minimum Gasteiger partial charge on any atom is -1.00 e. The van der Waals surface area contributed by atoms with Gasteiger partial charge < -0.3 is 15.7 Å². The van der Waals surface area contributed by atoms with E-state index in [1.54, 1.807) is 0 Å². The SMILES string of the molecule is [H-].[H-].[H-].[H-].[H-].[H-].[H-].[H-].[H-].[H-].[H-].[Na+].[Na+].[Na+].[Na+].[Na+].[Na+].[Na+].[Na+].[Na+].[Na+].[Na+]. The van der Waals surface area contributed by atoms with Crippen LogP contribution in [0.3, 0.4) is 0 Å². The van der Waals surface area contributed by atoms with E-state index in [-0.39, 0.29) is 341 Å². The van der Waals surface area contributed by atoms with Crippen molar-refractivity contribution in [2.24, 2.45) is 0 Å². The first kappa shape index (κ1) is 80.2. The molecule has 0 nitrogen and oxygen atoms in total. The van der Waals surface area contributed by atoms with E-state index in [1.807, 2.05) is 0 Å². The molecule has 0 spiro atoms. The summed E-state index contributed by atoms with van der Waals surface area (Å²) in [5.74, 6) is 0. The Morgan fingerprint density at radius 1 is 0.182 bits per heavy atom. The standard InChI is InChI=1S/11Na.11H/q11*+1;11*-1. The first-order chi connectivity index (χ1) is 0. The fourth-order valence-electron chi connectivity index (χ4n) is 0. The molecule has 0 radical (unpaired) electrons. The third kappa shape index (κ3) is 62.7. The van der Waals surface area contributed by atoms with Gasteiger partial charge in [0.2, 0.25) is 0 Å². The molecule has 0 aromatic rings. The second kappa shape index (κ2) is 69.4. The van der Waals surface area contributed by atoms with E-state index in [2.05, 4.69) is 0 Å². The zero-order valence-corrected chi connectivity index (χ0v) is 33.0. The van der Waals surface area contributed by atoms with Crippen LogP contribution in [0.25, 0.3) is 0 Å². The minimum absolute atomic E-state index is 0. The topological polar surface area (TPSA) is 0 Å². The maximum Gasteiger partial charge on any atom is 1.00 e. The molecular formula is H11Na11. The minimum atomic E-state index is 0. The normalized spacial score (nSPS) is 0. The molecule has 0 N–H and O–H groups in total. The van der Waals surface area contributed by atoms with E-state index in [0.29, 0.717) is 0 Å².